The number of para-hydroxylation sites is 1. The summed E-state index contributed by atoms with van der Waals surface area (Å²) in [5.41, 5.74) is 0.241. The first-order valence-electron chi connectivity index (χ1n) is 11.9. The minimum Gasteiger partial charge on any atom is -0.338 e. The van der Waals surface area contributed by atoms with E-state index in [0.29, 0.717) is 34.4 Å². The van der Waals surface area contributed by atoms with Crippen LogP contribution in [0, 0.1) is 21.4 Å². The molecule has 0 aliphatic carbocycles. The van der Waals surface area contributed by atoms with Gasteiger partial charge in [0.2, 0.25) is 0 Å². The number of hydrogen-bond donors (Lipinski definition) is 0. The third kappa shape index (κ3) is 5.50. The van der Waals surface area contributed by atoms with Gasteiger partial charge < -0.3 is 4.90 Å². The summed E-state index contributed by atoms with van der Waals surface area (Å²) in [6.45, 7) is 1.12. The third-order valence-electron chi connectivity index (χ3n) is 5.99. The SMILES string of the molecule is N#C/C(C(=O)N1CCCC1)=c1/s/c(=C/c2ccc(Sc3ncccn3)c([N+](=O)[O-])c2)c(=O)n1-c1ccccc1. The van der Waals surface area contributed by atoms with Crippen LogP contribution in [0.5, 0.6) is 0 Å². The van der Waals surface area contributed by atoms with E-state index >= 15 is 0 Å². The number of benzene rings is 2. The van der Waals surface area contributed by atoms with Gasteiger partial charge in [0.05, 0.1) is 20.0 Å². The second-order valence-electron chi connectivity index (χ2n) is 8.50. The maximum Gasteiger partial charge on any atom is 0.283 e. The van der Waals surface area contributed by atoms with Gasteiger partial charge in [-0.1, -0.05) is 24.3 Å². The number of likely N-dealkylation sites (tertiary alicyclic amines) is 1. The number of carbonyl (C=O) groups excluding carboxylic acids is 1. The fourth-order valence-electron chi connectivity index (χ4n) is 4.17. The molecule has 2 aromatic heterocycles. The Kier molecular flexibility index (Phi) is 7.62. The van der Waals surface area contributed by atoms with Gasteiger partial charge in [0.1, 0.15) is 10.7 Å². The van der Waals surface area contributed by atoms with E-state index in [1.54, 1.807) is 65.8 Å². The molecular weight excluding hydrogens is 536 g/mol. The second kappa shape index (κ2) is 11.4. The van der Waals surface area contributed by atoms with E-state index in [1.165, 1.54) is 16.7 Å². The van der Waals surface area contributed by atoms with Crippen LogP contribution in [0.1, 0.15) is 18.4 Å². The van der Waals surface area contributed by atoms with Crippen molar-refractivity contribution in [3.63, 3.8) is 0 Å². The number of nitrogens with zero attached hydrogens (tertiary/aromatic N) is 6. The van der Waals surface area contributed by atoms with E-state index < -0.39 is 16.4 Å². The Labute approximate surface area is 230 Å². The molecule has 2 aromatic carbocycles. The lowest BCUT2D eigenvalue weighted by Gasteiger charge is -2.14. The number of nitro groups is 1. The average Bonchev–Trinajstić information content (AvgIpc) is 3.60. The van der Waals surface area contributed by atoms with Crippen LogP contribution < -0.4 is 14.8 Å². The molecule has 0 radical (unpaired) electrons. The minimum absolute atomic E-state index is 0.108. The lowest BCUT2D eigenvalue weighted by atomic mass is 10.2. The van der Waals surface area contributed by atoms with E-state index in [-0.39, 0.29) is 20.5 Å². The van der Waals surface area contributed by atoms with Crippen LogP contribution in [0.2, 0.25) is 0 Å². The van der Waals surface area contributed by atoms with Crippen molar-refractivity contribution in [3.05, 3.63) is 102 Å². The van der Waals surface area contributed by atoms with Crippen LogP contribution in [0.25, 0.3) is 17.3 Å². The highest BCUT2D eigenvalue weighted by Gasteiger charge is 2.24. The summed E-state index contributed by atoms with van der Waals surface area (Å²) in [6, 6.07) is 17.1. The highest BCUT2D eigenvalue weighted by Crippen LogP contribution is 2.33. The third-order valence-corrected chi connectivity index (χ3v) is 8.04. The first-order valence-corrected chi connectivity index (χ1v) is 13.6. The quantitative estimate of drug-likeness (QED) is 0.201. The summed E-state index contributed by atoms with van der Waals surface area (Å²) in [6.07, 6.45) is 6.37. The summed E-state index contributed by atoms with van der Waals surface area (Å²) in [7, 11) is 0. The van der Waals surface area contributed by atoms with Crippen molar-refractivity contribution in [3.8, 4) is 11.8 Å². The molecule has 0 unspecified atom stereocenters. The summed E-state index contributed by atoms with van der Waals surface area (Å²) in [5.74, 6) is -0.410. The Bertz CT molecular complexity index is 1770. The van der Waals surface area contributed by atoms with E-state index in [2.05, 4.69) is 9.97 Å². The molecule has 1 amide bonds. The van der Waals surface area contributed by atoms with Gasteiger partial charge >= 0.3 is 0 Å². The maximum absolute atomic E-state index is 13.6. The molecule has 0 atom stereocenters. The van der Waals surface area contributed by atoms with Crippen LogP contribution in [-0.2, 0) is 4.79 Å². The molecule has 0 saturated carbocycles. The summed E-state index contributed by atoms with van der Waals surface area (Å²) < 4.78 is 1.81. The molecule has 1 fully saturated rings. The molecular formula is C27H20N6O4S2. The van der Waals surface area contributed by atoms with Crippen molar-refractivity contribution in [2.24, 2.45) is 0 Å². The fourth-order valence-corrected chi connectivity index (χ4v) is 6.06. The first kappa shape index (κ1) is 26.0. The number of hydrogen-bond acceptors (Lipinski definition) is 9. The zero-order valence-electron chi connectivity index (χ0n) is 20.4. The predicted octanol–water partition coefficient (Wildman–Crippen LogP) is 2.87. The summed E-state index contributed by atoms with van der Waals surface area (Å²) in [5, 5.41) is 22.2. The maximum atomic E-state index is 13.6. The highest BCUT2D eigenvalue weighted by molar-refractivity contribution is 7.99. The molecule has 0 N–H and O–H groups in total. The molecule has 3 heterocycles. The Hall–Kier alpha value is -4.60. The second-order valence-corrected chi connectivity index (χ2v) is 10.5. The molecule has 4 aromatic rings. The molecule has 1 saturated heterocycles. The standard InChI is InChI=1S/C27H20N6O4S2/c28-17-20(24(34)31-13-4-5-14-31)26-32(19-7-2-1-3-8-19)25(35)23(38-26)16-18-9-10-22(21(15-18)33(36)37)39-27-29-11-6-12-30-27/h1-3,6-12,15-16H,4-5,13-14H2/b23-16+,26-20-. The summed E-state index contributed by atoms with van der Waals surface area (Å²) >= 11 is 2.07. The van der Waals surface area contributed by atoms with Gasteiger partial charge in [-0.25, -0.2) is 9.97 Å². The van der Waals surface area contributed by atoms with Gasteiger partial charge in [-0.05, 0) is 60.5 Å². The largest absolute Gasteiger partial charge is 0.338 e. The van der Waals surface area contributed by atoms with E-state index in [0.717, 1.165) is 35.9 Å². The Balaban J connectivity index is 1.67. The Morgan fingerprint density at radius 1 is 1.10 bits per heavy atom. The number of nitro benzene ring substituents is 1. The number of nitriles is 1. The fraction of sp³-hybridized carbons (Fsp3) is 0.148. The number of carbonyl (C=O) groups is 1. The van der Waals surface area contributed by atoms with Gasteiger partial charge in [0.15, 0.2) is 10.7 Å². The minimum atomic E-state index is -0.499. The average molecular weight is 557 g/mol. The summed E-state index contributed by atoms with van der Waals surface area (Å²) in [4.78, 5) is 48.4. The van der Waals surface area contributed by atoms with Crippen molar-refractivity contribution in [1.82, 2.24) is 19.4 Å². The Morgan fingerprint density at radius 2 is 1.82 bits per heavy atom. The lowest BCUT2D eigenvalue weighted by Crippen LogP contribution is -2.35. The zero-order valence-corrected chi connectivity index (χ0v) is 22.0. The lowest BCUT2D eigenvalue weighted by molar-refractivity contribution is -0.387. The normalized spacial score (nSPS) is 14.2. The molecule has 1 aliphatic rings. The molecule has 1 aliphatic heterocycles. The van der Waals surface area contributed by atoms with Crippen molar-refractivity contribution >= 4 is 46.3 Å². The molecule has 39 heavy (non-hydrogen) atoms. The predicted molar refractivity (Wildman–Crippen MR) is 147 cm³/mol. The van der Waals surface area contributed by atoms with E-state index in [9.17, 15) is 25.0 Å². The van der Waals surface area contributed by atoms with Gasteiger partial charge in [-0.3, -0.25) is 24.3 Å². The number of amides is 1. The van der Waals surface area contributed by atoms with Crippen molar-refractivity contribution in [2.45, 2.75) is 22.9 Å². The zero-order chi connectivity index (χ0) is 27.4. The number of thiazole rings is 1. The van der Waals surface area contributed by atoms with E-state index in [1.807, 2.05) is 6.07 Å². The first-order chi connectivity index (χ1) is 19.0. The topological polar surface area (TPSA) is 135 Å². The van der Waals surface area contributed by atoms with Gasteiger partial charge in [0.25, 0.3) is 17.2 Å². The molecule has 0 bridgehead atoms. The van der Waals surface area contributed by atoms with Gasteiger partial charge in [-0.2, -0.15) is 5.26 Å². The number of aromatic nitrogens is 3. The van der Waals surface area contributed by atoms with Crippen LogP contribution in [0.3, 0.4) is 0 Å². The van der Waals surface area contributed by atoms with Gasteiger partial charge in [-0.15, -0.1) is 11.3 Å². The monoisotopic (exact) mass is 556 g/mol. The van der Waals surface area contributed by atoms with Crippen LogP contribution >= 0.6 is 23.1 Å². The molecule has 12 heteroatoms. The van der Waals surface area contributed by atoms with Gasteiger partial charge in [0, 0.05) is 31.5 Å². The highest BCUT2D eigenvalue weighted by atomic mass is 32.2. The smallest absolute Gasteiger partial charge is 0.283 e. The van der Waals surface area contributed by atoms with Crippen LogP contribution in [-0.4, -0.2) is 43.4 Å². The van der Waals surface area contributed by atoms with Crippen molar-refractivity contribution in [2.75, 3.05) is 13.1 Å². The van der Waals surface area contributed by atoms with Crippen LogP contribution in [0.4, 0.5) is 5.69 Å². The Morgan fingerprint density at radius 3 is 2.49 bits per heavy atom. The van der Waals surface area contributed by atoms with Crippen molar-refractivity contribution < 1.29 is 9.72 Å². The molecule has 10 nitrogen and oxygen atoms in total. The number of rotatable bonds is 6. The molecule has 0 spiro atoms. The van der Waals surface area contributed by atoms with Crippen LogP contribution in [0.15, 0.2) is 81.8 Å². The molecule has 194 valence electrons. The van der Waals surface area contributed by atoms with E-state index in [4.69, 9.17) is 0 Å². The molecule has 5 rings (SSSR count). The van der Waals surface area contributed by atoms with Crippen molar-refractivity contribution in [1.29, 1.82) is 5.26 Å².